The van der Waals surface area contributed by atoms with Crippen LogP contribution in [0.1, 0.15) is 20.3 Å². The SMILES string of the molecule is CC1CC(C)CN(C(=O)Cn2c(=O)n(C)c3ccccc32)C1. The highest BCUT2D eigenvalue weighted by Gasteiger charge is 2.26. The Labute approximate surface area is 130 Å². The molecule has 0 bridgehead atoms. The van der Waals surface area contributed by atoms with Gasteiger partial charge in [0, 0.05) is 20.1 Å². The molecule has 3 rings (SSSR count). The highest BCUT2D eigenvalue weighted by molar-refractivity contribution is 5.81. The van der Waals surface area contributed by atoms with Crippen molar-refractivity contribution in [3.05, 3.63) is 34.7 Å². The topological polar surface area (TPSA) is 47.2 Å². The van der Waals surface area contributed by atoms with E-state index in [1.165, 1.54) is 0 Å². The number of fused-ring (bicyclic) bond motifs is 1. The summed E-state index contributed by atoms with van der Waals surface area (Å²) in [6, 6.07) is 7.60. The van der Waals surface area contributed by atoms with Gasteiger partial charge in [-0.3, -0.25) is 13.9 Å². The molecule has 5 nitrogen and oxygen atoms in total. The number of carbonyl (C=O) groups is 1. The number of carbonyl (C=O) groups excluding carboxylic acids is 1. The number of rotatable bonds is 2. The van der Waals surface area contributed by atoms with Gasteiger partial charge in [-0.15, -0.1) is 0 Å². The molecule has 0 N–H and O–H groups in total. The average Bonchev–Trinajstić information content (AvgIpc) is 2.72. The van der Waals surface area contributed by atoms with Crippen molar-refractivity contribution in [3.63, 3.8) is 0 Å². The summed E-state index contributed by atoms with van der Waals surface area (Å²) < 4.78 is 3.19. The first-order chi connectivity index (χ1) is 10.5. The van der Waals surface area contributed by atoms with Crippen molar-refractivity contribution in [2.75, 3.05) is 13.1 Å². The Bertz CT molecular complexity index is 749. The Morgan fingerprint density at radius 2 is 1.73 bits per heavy atom. The van der Waals surface area contributed by atoms with E-state index in [0.29, 0.717) is 11.8 Å². The number of imidazole rings is 1. The number of hydrogen-bond acceptors (Lipinski definition) is 2. The standard InChI is InChI=1S/C17H23N3O2/c1-12-8-13(2)10-19(9-12)16(21)11-20-15-7-5-4-6-14(15)18(3)17(20)22/h4-7,12-13H,8-11H2,1-3H3. The number of amides is 1. The summed E-state index contributed by atoms with van der Waals surface area (Å²) in [6.45, 7) is 6.07. The Morgan fingerprint density at radius 3 is 2.36 bits per heavy atom. The number of aromatic nitrogens is 2. The molecular formula is C17H23N3O2. The molecule has 0 radical (unpaired) electrons. The maximum absolute atomic E-state index is 12.6. The van der Waals surface area contributed by atoms with E-state index in [4.69, 9.17) is 0 Å². The summed E-state index contributed by atoms with van der Waals surface area (Å²) in [4.78, 5) is 26.9. The average molecular weight is 301 g/mol. The summed E-state index contributed by atoms with van der Waals surface area (Å²) in [5.41, 5.74) is 1.55. The maximum Gasteiger partial charge on any atom is 0.329 e. The molecule has 5 heteroatoms. The Balaban J connectivity index is 1.89. The van der Waals surface area contributed by atoms with Crippen molar-refractivity contribution in [2.24, 2.45) is 18.9 Å². The van der Waals surface area contributed by atoms with Gasteiger partial charge in [-0.05, 0) is 30.4 Å². The van der Waals surface area contributed by atoms with Crippen LogP contribution in [0.5, 0.6) is 0 Å². The molecule has 1 aromatic carbocycles. The molecule has 2 atom stereocenters. The molecule has 22 heavy (non-hydrogen) atoms. The fraction of sp³-hybridized carbons (Fsp3) is 0.529. The molecular weight excluding hydrogens is 278 g/mol. The molecule has 2 unspecified atom stereocenters. The minimum absolute atomic E-state index is 0.0388. The molecule has 1 amide bonds. The molecule has 118 valence electrons. The van der Waals surface area contributed by atoms with E-state index in [9.17, 15) is 9.59 Å². The van der Waals surface area contributed by atoms with Gasteiger partial charge in [-0.1, -0.05) is 26.0 Å². The van der Waals surface area contributed by atoms with Gasteiger partial charge in [-0.25, -0.2) is 4.79 Å². The minimum Gasteiger partial charge on any atom is -0.341 e. The Hall–Kier alpha value is -2.04. The number of para-hydroxylation sites is 2. The molecule has 2 aromatic rings. The molecule has 1 aromatic heterocycles. The summed E-state index contributed by atoms with van der Waals surface area (Å²) in [6.07, 6.45) is 1.16. The number of piperidine rings is 1. The van der Waals surface area contributed by atoms with E-state index in [1.54, 1.807) is 16.2 Å². The van der Waals surface area contributed by atoms with Gasteiger partial charge >= 0.3 is 5.69 Å². The van der Waals surface area contributed by atoms with Crippen LogP contribution in [0.3, 0.4) is 0 Å². The van der Waals surface area contributed by atoms with Crippen LogP contribution in [0.2, 0.25) is 0 Å². The predicted octanol–water partition coefficient (Wildman–Crippen LogP) is 1.84. The lowest BCUT2D eigenvalue weighted by molar-refractivity contribution is -0.134. The van der Waals surface area contributed by atoms with Crippen molar-refractivity contribution in [1.29, 1.82) is 0 Å². The first-order valence-corrected chi connectivity index (χ1v) is 7.89. The van der Waals surface area contributed by atoms with E-state index in [-0.39, 0.29) is 18.1 Å². The summed E-state index contributed by atoms with van der Waals surface area (Å²) in [5, 5.41) is 0. The first kappa shape index (κ1) is 14.9. The van der Waals surface area contributed by atoms with E-state index in [0.717, 1.165) is 30.5 Å². The molecule has 0 spiro atoms. The second kappa shape index (κ2) is 5.63. The van der Waals surface area contributed by atoms with Gasteiger partial charge < -0.3 is 4.90 Å². The summed E-state index contributed by atoms with van der Waals surface area (Å²) >= 11 is 0. The largest absolute Gasteiger partial charge is 0.341 e. The van der Waals surface area contributed by atoms with E-state index in [2.05, 4.69) is 13.8 Å². The third-order valence-corrected chi connectivity index (χ3v) is 4.57. The van der Waals surface area contributed by atoms with Crippen molar-refractivity contribution in [2.45, 2.75) is 26.8 Å². The normalized spacial score (nSPS) is 22.2. The molecule has 1 fully saturated rings. The molecule has 0 aliphatic carbocycles. The lowest BCUT2D eigenvalue weighted by atomic mass is 9.92. The van der Waals surface area contributed by atoms with Crippen molar-refractivity contribution < 1.29 is 4.79 Å². The lowest BCUT2D eigenvalue weighted by Gasteiger charge is -2.35. The van der Waals surface area contributed by atoms with Crippen LogP contribution in [0.15, 0.2) is 29.1 Å². The molecule has 0 saturated carbocycles. The zero-order valence-corrected chi connectivity index (χ0v) is 13.5. The lowest BCUT2D eigenvalue weighted by Crippen LogP contribution is -2.44. The second-order valence-electron chi connectivity index (χ2n) is 6.66. The van der Waals surface area contributed by atoms with Gasteiger partial charge in [0.2, 0.25) is 5.91 Å². The van der Waals surface area contributed by atoms with Gasteiger partial charge in [-0.2, -0.15) is 0 Å². The monoisotopic (exact) mass is 301 g/mol. The molecule has 1 saturated heterocycles. The number of nitrogens with zero attached hydrogens (tertiary/aromatic N) is 3. The van der Waals surface area contributed by atoms with Crippen LogP contribution < -0.4 is 5.69 Å². The molecule has 1 aliphatic heterocycles. The highest BCUT2D eigenvalue weighted by Crippen LogP contribution is 2.21. The summed E-state index contributed by atoms with van der Waals surface area (Å²) in [5.74, 6) is 1.09. The third-order valence-electron chi connectivity index (χ3n) is 4.57. The fourth-order valence-electron chi connectivity index (χ4n) is 3.62. The zero-order chi connectivity index (χ0) is 15.9. The molecule has 1 aliphatic rings. The van der Waals surface area contributed by atoms with E-state index >= 15 is 0 Å². The second-order valence-corrected chi connectivity index (χ2v) is 6.66. The zero-order valence-electron chi connectivity index (χ0n) is 13.5. The predicted molar refractivity (Wildman–Crippen MR) is 86.7 cm³/mol. The van der Waals surface area contributed by atoms with Crippen molar-refractivity contribution >= 4 is 16.9 Å². The highest BCUT2D eigenvalue weighted by atomic mass is 16.2. The Morgan fingerprint density at radius 1 is 1.14 bits per heavy atom. The van der Waals surface area contributed by atoms with Crippen molar-refractivity contribution in [1.82, 2.24) is 14.0 Å². The van der Waals surface area contributed by atoms with E-state index in [1.807, 2.05) is 29.2 Å². The first-order valence-electron chi connectivity index (χ1n) is 7.89. The smallest absolute Gasteiger partial charge is 0.329 e. The van der Waals surface area contributed by atoms with Crippen LogP contribution >= 0.6 is 0 Å². The Kier molecular flexibility index (Phi) is 3.81. The van der Waals surface area contributed by atoms with Crippen molar-refractivity contribution in [3.8, 4) is 0 Å². The number of hydrogen-bond donors (Lipinski definition) is 0. The van der Waals surface area contributed by atoms with Gasteiger partial charge in [0.25, 0.3) is 0 Å². The quantitative estimate of drug-likeness (QED) is 0.850. The molecule has 2 heterocycles. The van der Waals surface area contributed by atoms with Gasteiger partial charge in [0.15, 0.2) is 0 Å². The van der Waals surface area contributed by atoms with Crippen LogP contribution in [0.25, 0.3) is 11.0 Å². The number of likely N-dealkylation sites (tertiary alicyclic amines) is 1. The van der Waals surface area contributed by atoms with Crippen LogP contribution in [-0.2, 0) is 18.4 Å². The fourth-order valence-corrected chi connectivity index (χ4v) is 3.62. The van der Waals surface area contributed by atoms with E-state index < -0.39 is 0 Å². The van der Waals surface area contributed by atoms with Crippen LogP contribution in [0, 0.1) is 11.8 Å². The van der Waals surface area contributed by atoms with Gasteiger partial charge in [0.1, 0.15) is 6.54 Å². The van der Waals surface area contributed by atoms with Crippen LogP contribution in [0.4, 0.5) is 0 Å². The van der Waals surface area contributed by atoms with Crippen LogP contribution in [-0.4, -0.2) is 33.0 Å². The van der Waals surface area contributed by atoms with Gasteiger partial charge in [0.05, 0.1) is 11.0 Å². The number of benzene rings is 1. The minimum atomic E-state index is -0.132. The summed E-state index contributed by atoms with van der Waals surface area (Å²) in [7, 11) is 1.75. The maximum atomic E-state index is 12.6. The number of aryl methyl sites for hydroxylation is 1. The third kappa shape index (κ3) is 2.56.